The summed E-state index contributed by atoms with van der Waals surface area (Å²) in [7, 11) is 1.41. The molecule has 0 aliphatic carbocycles. The summed E-state index contributed by atoms with van der Waals surface area (Å²) >= 11 is 0. The lowest BCUT2D eigenvalue weighted by molar-refractivity contribution is -0.192. The zero-order valence-corrected chi connectivity index (χ0v) is 10.2. The number of amides is 2. The Labute approximate surface area is 110 Å². The highest BCUT2D eigenvalue weighted by Gasteiger charge is 2.75. The molecule has 2 amide bonds. The Morgan fingerprint density at radius 1 is 1.00 bits per heavy atom. The van der Waals surface area contributed by atoms with E-state index < -0.39 is 30.2 Å². The highest BCUT2D eigenvalue weighted by atomic mass is 19.3. The standard InChI is InChI=1S/C12H9F4NO3/c1-20-8-4-2-7(3-5-8)6-17-9(18)11(13,14)12(15,16)10(17)19/h2-5H,6H2,1H3. The normalized spacial score (nSPS) is 20.4. The first-order chi connectivity index (χ1) is 9.21. The molecule has 2 rings (SSSR count). The van der Waals surface area contributed by atoms with Crippen molar-refractivity contribution in [1.29, 1.82) is 0 Å². The number of carbonyl (C=O) groups excluding carboxylic acids is 2. The molecule has 0 bridgehead atoms. The minimum atomic E-state index is -5.00. The van der Waals surface area contributed by atoms with E-state index in [1.54, 1.807) is 0 Å². The van der Waals surface area contributed by atoms with Crippen molar-refractivity contribution in [3.05, 3.63) is 29.8 Å². The Morgan fingerprint density at radius 2 is 1.45 bits per heavy atom. The second-order valence-corrected chi connectivity index (χ2v) is 4.19. The lowest BCUT2D eigenvalue weighted by Gasteiger charge is -2.13. The minimum Gasteiger partial charge on any atom is -0.497 e. The van der Waals surface area contributed by atoms with Gasteiger partial charge in [-0.05, 0) is 17.7 Å². The van der Waals surface area contributed by atoms with Gasteiger partial charge in [-0.1, -0.05) is 12.1 Å². The molecule has 1 aromatic carbocycles. The van der Waals surface area contributed by atoms with Gasteiger partial charge >= 0.3 is 23.7 Å². The van der Waals surface area contributed by atoms with E-state index in [1.165, 1.54) is 31.4 Å². The summed E-state index contributed by atoms with van der Waals surface area (Å²) < 4.78 is 57.1. The van der Waals surface area contributed by atoms with Gasteiger partial charge in [0.1, 0.15) is 5.75 Å². The third kappa shape index (κ3) is 1.91. The first-order valence-electron chi connectivity index (χ1n) is 5.46. The van der Waals surface area contributed by atoms with Crippen LogP contribution in [0.25, 0.3) is 0 Å². The summed E-state index contributed by atoms with van der Waals surface area (Å²) in [5.74, 6) is -13.9. The van der Waals surface area contributed by atoms with Crippen LogP contribution < -0.4 is 4.74 Å². The molecule has 1 aliphatic heterocycles. The monoisotopic (exact) mass is 291 g/mol. The molecule has 0 atom stereocenters. The zero-order valence-electron chi connectivity index (χ0n) is 10.2. The first-order valence-corrected chi connectivity index (χ1v) is 5.46. The number of hydrogen-bond donors (Lipinski definition) is 0. The Balaban J connectivity index is 2.25. The predicted octanol–water partition coefficient (Wildman–Crippen LogP) is 1.83. The molecule has 0 unspecified atom stereocenters. The summed E-state index contributed by atoms with van der Waals surface area (Å²) in [5.41, 5.74) is 0.251. The van der Waals surface area contributed by atoms with Gasteiger partial charge in [0.05, 0.1) is 13.7 Å². The number of alkyl halides is 4. The maximum absolute atomic E-state index is 13.1. The van der Waals surface area contributed by atoms with Crippen molar-refractivity contribution < 1.29 is 31.9 Å². The van der Waals surface area contributed by atoms with Gasteiger partial charge in [0.25, 0.3) is 0 Å². The lowest BCUT2D eigenvalue weighted by atomic mass is 10.2. The number of halogens is 4. The Kier molecular flexibility index (Phi) is 3.19. The van der Waals surface area contributed by atoms with Crippen LogP contribution in [0.15, 0.2) is 24.3 Å². The molecular weight excluding hydrogens is 282 g/mol. The fraction of sp³-hybridized carbons (Fsp3) is 0.333. The highest BCUT2D eigenvalue weighted by Crippen LogP contribution is 2.43. The summed E-state index contributed by atoms with van der Waals surface area (Å²) in [6, 6.07) is 5.68. The SMILES string of the molecule is COc1ccc(CN2C(=O)C(F)(F)C(F)(F)C2=O)cc1. The molecule has 0 radical (unpaired) electrons. The summed E-state index contributed by atoms with van der Waals surface area (Å²) in [4.78, 5) is 22.3. The third-order valence-electron chi connectivity index (χ3n) is 2.92. The molecule has 0 saturated carbocycles. The van der Waals surface area contributed by atoms with Crippen molar-refractivity contribution in [2.45, 2.75) is 18.4 Å². The van der Waals surface area contributed by atoms with Gasteiger partial charge in [-0.2, -0.15) is 17.6 Å². The van der Waals surface area contributed by atoms with Gasteiger partial charge in [0.2, 0.25) is 0 Å². The van der Waals surface area contributed by atoms with Gasteiger partial charge in [-0.25, -0.2) is 0 Å². The van der Waals surface area contributed by atoms with E-state index in [1.807, 2.05) is 0 Å². The molecule has 8 heteroatoms. The van der Waals surface area contributed by atoms with Crippen LogP contribution in [0.5, 0.6) is 5.75 Å². The fourth-order valence-electron chi connectivity index (χ4n) is 1.76. The maximum Gasteiger partial charge on any atom is 0.396 e. The number of methoxy groups -OCH3 is 1. The summed E-state index contributed by atoms with van der Waals surface area (Å²) in [5, 5.41) is 0. The quantitative estimate of drug-likeness (QED) is 0.630. The van der Waals surface area contributed by atoms with E-state index in [4.69, 9.17) is 4.74 Å². The van der Waals surface area contributed by atoms with E-state index in [0.717, 1.165) is 0 Å². The molecule has 0 spiro atoms. The van der Waals surface area contributed by atoms with E-state index in [2.05, 4.69) is 0 Å². The van der Waals surface area contributed by atoms with Gasteiger partial charge in [-0.3, -0.25) is 14.5 Å². The van der Waals surface area contributed by atoms with Crippen LogP contribution >= 0.6 is 0 Å². The van der Waals surface area contributed by atoms with Crippen molar-refractivity contribution in [3.8, 4) is 5.75 Å². The number of benzene rings is 1. The Morgan fingerprint density at radius 3 is 1.85 bits per heavy atom. The molecule has 1 aliphatic rings. The number of imide groups is 1. The maximum atomic E-state index is 13.1. The van der Waals surface area contributed by atoms with E-state index in [9.17, 15) is 27.2 Å². The van der Waals surface area contributed by atoms with Gasteiger partial charge < -0.3 is 4.74 Å². The van der Waals surface area contributed by atoms with Crippen LogP contribution in [0.4, 0.5) is 17.6 Å². The van der Waals surface area contributed by atoms with Crippen molar-refractivity contribution in [2.24, 2.45) is 0 Å². The number of nitrogens with zero attached hydrogens (tertiary/aromatic N) is 1. The number of rotatable bonds is 3. The number of ether oxygens (including phenoxy) is 1. The van der Waals surface area contributed by atoms with Crippen molar-refractivity contribution >= 4 is 11.8 Å². The van der Waals surface area contributed by atoms with Gasteiger partial charge in [0.15, 0.2) is 0 Å². The lowest BCUT2D eigenvalue weighted by Crippen LogP contribution is -2.43. The minimum absolute atomic E-state index is 0.137. The molecule has 1 fully saturated rings. The van der Waals surface area contributed by atoms with E-state index >= 15 is 0 Å². The molecular formula is C12H9F4NO3. The second kappa shape index (κ2) is 4.46. The van der Waals surface area contributed by atoms with E-state index in [-0.39, 0.29) is 10.5 Å². The van der Waals surface area contributed by atoms with Crippen LogP contribution in [0.3, 0.4) is 0 Å². The van der Waals surface area contributed by atoms with Gasteiger partial charge in [0, 0.05) is 0 Å². The summed E-state index contributed by atoms with van der Waals surface area (Å²) in [6.07, 6.45) is 0. The summed E-state index contributed by atoms with van der Waals surface area (Å²) in [6.45, 7) is -0.646. The molecule has 108 valence electrons. The fourth-order valence-corrected chi connectivity index (χ4v) is 1.76. The molecule has 0 aromatic heterocycles. The zero-order chi connectivity index (χ0) is 15.1. The average Bonchev–Trinajstić information content (AvgIpc) is 2.52. The predicted molar refractivity (Wildman–Crippen MR) is 58.4 cm³/mol. The average molecular weight is 291 g/mol. The smallest absolute Gasteiger partial charge is 0.396 e. The second-order valence-electron chi connectivity index (χ2n) is 4.19. The van der Waals surface area contributed by atoms with Crippen LogP contribution in [-0.2, 0) is 16.1 Å². The molecule has 0 N–H and O–H groups in total. The highest BCUT2D eigenvalue weighted by molar-refractivity contribution is 6.11. The molecule has 1 aromatic rings. The van der Waals surface area contributed by atoms with Crippen LogP contribution in [0.2, 0.25) is 0 Å². The number of hydrogen-bond acceptors (Lipinski definition) is 3. The Hall–Kier alpha value is -2.12. The molecule has 1 saturated heterocycles. The number of carbonyl (C=O) groups is 2. The third-order valence-corrected chi connectivity index (χ3v) is 2.92. The van der Waals surface area contributed by atoms with Crippen molar-refractivity contribution in [3.63, 3.8) is 0 Å². The van der Waals surface area contributed by atoms with Crippen LogP contribution in [-0.4, -0.2) is 35.7 Å². The van der Waals surface area contributed by atoms with Crippen LogP contribution in [0.1, 0.15) is 5.56 Å². The molecule has 4 nitrogen and oxygen atoms in total. The molecule has 1 heterocycles. The van der Waals surface area contributed by atoms with Gasteiger partial charge in [-0.15, -0.1) is 0 Å². The van der Waals surface area contributed by atoms with Crippen molar-refractivity contribution in [2.75, 3.05) is 7.11 Å². The molecule has 20 heavy (non-hydrogen) atoms. The largest absolute Gasteiger partial charge is 0.497 e. The Bertz CT molecular complexity index is 530. The first kappa shape index (κ1) is 14.3. The van der Waals surface area contributed by atoms with E-state index in [0.29, 0.717) is 5.75 Å². The van der Waals surface area contributed by atoms with Crippen LogP contribution in [0, 0.1) is 0 Å². The topological polar surface area (TPSA) is 46.6 Å². The van der Waals surface area contributed by atoms with Crippen molar-refractivity contribution in [1.82, 2.24) is 4.90 Å². The number of likely N-dealkylation sites (tertiary alicyclic amines) is 1.